The highest BCUT2D eigenvalue weighted by Crippen LogP contribution is 2.61. The van der Waals surface area contributed by atoms with Crippen LogP contribution in [0.15, 0.2) is 54.6 Å². The predicted octanol–water partition coefficient (Wildman–Crippen LogP) is 2.44. The van der Waals surface area contributed by atoms with E-state index >= 15 is 0 Å². The van der Waals surface area contributed by atoms with Gasteiger partial charge in [0.1, 0.15) is 5.75 Å². The number of benzene rings is 3. The lowest BCUT2D eigenvalue weighted by Gasteiger charge is -2.61. The normalized spacial score (nSPS) is 30.4. The largest absolute Gasteiger partial charge is 0.505 e. The highest BCUT2D eigenvalue weighted by Gasteiger charge is 2.76. The fraction of sp³-hybridized carbons (Fsp3) is 0.353. The van der Waals surface area contributed by atoms with Gasteiger partial charge in [-0.1, -0.05) is 56.3 Å². The number of nitrogens with one attached hydrogen (secondary N) is 2. The summed E-state index contributed by atoms with van der Waals surface area (Å²) >= 11 is 0. The van der Waals surface area contributed by atoms with E-state index in [0.29, 0.717) is 11.3 Å². The molecule has 6 N–H and O–H groups in total. The lowest BCUT2D eigenvalue weighted by molar-refractivity contribution is -0.203. The number of aromatic hydroxyl groups is 1. The summed E-state index contributed by atoms with van der Waals surface area (Å²) in [5.74, 6) is -9.70. The summed E-state index contributed by atoms with van der Waals surface area (Å²) in [6.45, 7) is 3.12. The van der Waals surface area contributed by atoms with Crippen molar-refractivity contribution in [2.75, 3.05) is 24.7 Å². The van der Waals surface area contributed by atoms with Crippen LogP contribution in [0.1, 0.15) is 36.2 Å². The van der Waals surface area contributed by atoms with Gasteiger partial charge in [-0.2, -0.15) is 0 Å². The molecule has 0 aromatic heterocycles. The number of fused-ring (bicyclic) bond motifs is 4. The molecule has 3 aliphatic carbocycles. The number of amides is 3. The van der Waals surface area contributed by atoms with Gasteiger partial charge in [0.25, 0.3) is 0 Å². The predicted molar refractivity (Wildman–Crippen MR) is 167 cm³/mol. The molecule has 12 nitrogen and oxygen atoms in total. The molecule has 12 heteroatoms. The van der Waals surface area contributed by atoms with Crippen molar-refractivity contribution in [3.63, 3.8) is 0 Å². The van der Waals surface area contributed by atoms with Crippen LogP contribution in [0.3, 0.4) is 0 Å². The SMILES string of the molecule is CN(C)[C@@H]1C(=O)C(C(N)=O)C(=O)[C@@]2(O)C(=O)C3C(=O)c4c(ccc(NC(=O)Nc5cccc6ccccc56)c4O)C[C@@]3(C)C[C@@]12C. The summed E-state index contributed by atoms with van der Waals surface area (Å²) in [5.41, 5.74) is 0.239. The van der Waals surface area contributed by atoms with E-state index in [4.69, 9.17) is 5.73 Å². The summed E-state index contributed by atoms with van der Waals surface area (Å²) in [6, 6.07) is 13.9. The van der Waals surface area contributed by atoms with Gasteiger partial charge in [0.05, 0.1) is 28.9 Å². The number of phenolic OH excluding ortho intramolecular Hbond substituents is 1. The molecular formula is C34H34N4O8. The molecule has 0 saturated heterocycles. The van der Waals surface area contributed by atoms with E-state index in [9.17, 15) is 39.0 Å². The number of anilines is 2. The highest BCUT2D eigenvalue weighted by atomic mass is 16.3. The molecule has 3 amide bonds. The van der Waals surface area contributed by atoms with E-state index in [1.165, 1.54) is 32.0 Å². The Morgan fingerprint density at radius 3 is 2.24 bits per heavy atom. The third-order valence-corrected chi connectivity index (χ3v) is 10.1. The van der Waals surface area contributed by atoms with Gasteiger partial charge in [0, 0.05) is 10.8 Å². The van der Waals surface area contributed by atoms with E-state index < -0.39 is 75.1 Å². The summed E-state index contributed by atoms with van der Waals surface area (Å²) in [4.78, 5) is 82.5. The fourth-order valence-electron chi connectivity index (χ4n) is 8.42. The minimum Gasteiger partial charge on any atom is -0.505 e. The number of hydrogen-bond acceptors (Lipinski definition) is 9. The van der Waals surface area contributed by atoms with Crippen molar-refractivity contribution < 1.29 is 39.0 Å². The van der Waals surface area contributed by atoms with Gasteiger partial charge < -0.3 is 26.6 Å². The molecule has 0 radical (unpaired) electrons. The minimum absolute atomic E-state index is 0.0773. The first-order chi connectivity index (χ1) is 21.6. The van der Waals surface area contributed by atoms with Gasteiger partial charge in [-0.05, 0) is 55.4 Å². The molecule has 0 bridgehead atoms. The maximum Gasteiger partial charge on any atom is 0.323 e. The van der Waals surface area contributed by atoms with Gasteiger partial charge in [0.15, 0.2) is 34.7 Å². The van der Waals surface area contributed by atoms with Gasteiger partial charge in [0.2, 0.25) is 5.91 Å². The smallest absolute Gasteiger partial charge is 0.323 e. The first kappa shape index (κ1) is 31.1. The van der Waals surface area contributed by atoms with Crippen LogP contribution in [-0.4, -0.2) is 75.9 Å². The average molecular weight is 627 g/mol. The van der Waals surface area contributed by atoms with Crippen LogP contribution in [0, 0.1) is 22.7 Å². The number of urea groups is 1. The number of ketones is 4. The molecule has 3 aromatic rings. The zero-order chi connectivity index (χ0) is 33.5. The molecule has 0 aliphatic heterocycles. The highest BCUT2D eigenvalue weighted by molar-refractivity contribution is 6.33. The summed E-state index contributed by atoms with van der Waals surface area (Å²) in [7, 11) is 3.07. The molecular weight excluding hydrogens is 592 g/mol. The van der Waals surface area contributed by atoms with Crippen LogP contribution in [0.5, 0.6) is 5.75 Å². The number of hydrogen-bond donors (Lipinski definition) is 5. The number of Topliss-reactive ketones (excluding diaryl/α,β-unsaturated/α-hetero) is 4. The molecule has 0 spiro atoms. The van der Waals surface area contributed by atoms with E-state index in [1.807, 2.05) is 30.3 Å². The van der Waals surface area contributed by atoms with Crippen molar-refractivity contribution >= 4 is 57.2 Å². The van der Waals surface area contributed by atoms with Crippen LogP contribution in [0.4, 0.5) is 16.2 Å². The van der Waals surface area contributed by atoms with Crippen molar-refractivity contribution in [3.05, 3.63) is 65.7 Å². The van der Waals surface area contributed by atoms with Crippen molar-refractivity contribution in [1.82, 2.24) is 4.90 Å². The Morgan fingerprint density at radius 2 is 1.57 bits per heavy atom. The summed E-state index contributed by atoms with van der Waals surface area (Å²) < 4.78 is 0. The monoisotopic (exact) mass is 626 g/mol. The average Bonchev–Trinajstić information content (AvgIpc) is 2.96. The first-order valence-corrected chi connectivity index (χ1v) is 14.8. The molecule has 2 unspecified atom stereocenters. The summed E-state index contributed by atoms with van der Waals surface area (Å²) in [6.07, 6.45) is -0.0356. The van der Waals surface area contributed by atoms with Crippen molar-refractivity contribution in [2.24, 2.45) is 28.4 Å². The Bertz CT molecular complexity index is 1900. The van der Waals surface area contributed by atoms with Crippen molar-refractivity contribution in [1.29, 1.82) is 0 Å². The maximum atomic E-state index is 14.3. The van der Waals surface area contributed by atoms with Crippen molar-refractivity contribution in [2.45, 2.75) is 38.3 Å². The van der Waals surface area contributed by atoms with Crippen molar-refractivity contribution in [3.8, 4) is 5.75 Å². The second-order valence-electron chi connectivity index (χ2n) is 13.4. The molecule has 238 valence electrons. The number of primary amides is 1. The minimum atomic E-state index is -2.89. The van der Waals surface area contributed by atoms with E-state index in [0.717, 1.165) is 10.8 Å². The maximum absolute atomic E-state index is 14.3. The molecule has 6 atom stereocenters. The zero-order valence-corrected chi connectivity index (χ0v) is 25.7. The Morgan fingerprint density at radius 1 is 0.913 bits per heavy atom. The van der Waals surface area contributed by atoms with Crippen LogP contribution >= 0.6 is 0 Å². The van der Waals surface area contributed by atoms with Crippen LogP contribution in [0.25, 0.3) is 10.8 Å². The zero-order valence-electron chi connectivity index (χ0n) is 25.7. The number of nitrogens with zero attached hydrogens (tertiary/aromatic N) is 1. The quantitative estimate of drug-likeness (QED) is 0.213. The fourth-order valence-corrected chi connectivity index (χ4v) is 8.42. The summed E-state index contributed by atoms with van der Waals surface area (Å²) in [5, 5.41) is 30.4. The Hall–Kier alpha value is -4.94. The second-order valence-corrected chi connectivity index (χ2v) is 13.4. The second kappa shape index (κ2) is 10.3. The molecule has 3 aromatic carbocycles. The standard InChI is InChI=1S/C34H34N4O8/c1-32-14-17-12-13-20(37-31(45)36-19-11-7-9-16-8-5-6-10-18(16)19)24(39)21(17)25(40)23(32)29(43)34(46)28(42)22(30(35)44)26(41)27(38(3)4)33(34,2)15-32/h5-13,22-23,27,39,46H,14-15H2,1-4H3,(H2,35,44)(H2,36,37,45)/t22?,23?,27-,32+,33+,34-/m1/s1. The number of rotatable bonds is 4. The Kier molecular flexibility index (Phi) is 6.95. The third-order valence-electron chi connectivity index (χ3n) is 10.1. The molecule has 0 heterocycles. The molecule has 46 heavy (non-hydrogen) atoms. The van der Waals surface area contributed by atoms with E-state index in [-0.39, 0.29) is 24.1 Å². The molecule has 6 rings (SSSR count). The number of phenols is 1. The first-order valence-electron chi connectivity index (χ1n) is 14.8. The van der Waals surface area contributed by atoms with Crippen LogP contribution < -0.4 is 16.4 Å². The topological polar surface area (TPSA) is 196 Å². The van der Waals surface area contributed by atoms with Gasteiger partial charge in [-0.25, -0.2) is 4.79 Å². The Balaban J connectivity index is 1.37. The van der Waals surface area contributed by atoms with Crippen LogP contribution in [0.2, 0.25) is 0 Å². The molecule has 2 fully saturated rings. The third kappa shape index (κ3) is 4.13. The number of carbonyl (C=O) groups is 6. The van der Waals surface area contributed by atoms with Gasteiger partial charge >= 0.3 is 6.03 Å². The number of carbonyl (C=O) groups excluding carboxylic acids is 6. The van der Waals surface area contributed by atoms with Gasteiger partial charge in [-0.15, -0.1) is 0 Å². The Labute approximate surface area is 263 Å². The number of likely N-dealkylation sites (N-methyl/N-ethyl adjacent to an activating group) is 1. The number of nitrogens with two attached hydrogens (primary N) is 1. The number of aliphatic hydroxyl groups is 1. The molecule has 2 saturated carbocycles. The van der Waals surface area contributed by atoms with Crippen LogP contribution in [-0.2, 0) is 25.6 Å². The molecule has 3 aliphatic rings. The van der Waals surface area contributed by atoms with Gasteiger partial charge in [-0.3, -0.25) is 28.9 Å². The van der Waals surface area contributed by atoms with E-state index in [2.05, 4.69) is 10.6 Å². The lowest BCUT2D eigenvalue weighted by Crippen LogP contribution is -2.79. The lowest BCUT2D eigenvalue weighted by atomic mass is 9.42. The van der Waals surface area contributed by atoms with E-state index in [1.54, 1.807) is 25.1 Å².